The number of thiocarbonyl (C=S) groups is 1. The summed E-state index contributed by atoms with van der Waals surface area (Å²) in [5.41, 5.74) is 10.6. The molecule has 0 aromatic carbocycles. The summed E-state index contributed by atoms with van der Waals surface area (Å²) in [5.74, 6) is 4.53. The number of hydrogen-bond acceptors (Lipinski definition) is 6. The summed E-state index contributed by atoms with van der Waals surface area (Å²) >= 11 is 6.07. The fraction of sp³-hybridized carbons (Fsp3) is 0.125. The first-order chi connectivity index (χ1) is 8.08. The molecular weight excluding hydrogens is 260 g/mol. The minimum atomic E-state index is -0.458. The topological polar surface area (TPSA) is 109 Å². The standard InChI is InChI=1S/C8H12N6OS2/c1-2-3-14(7(9)16)13-8-11-5(4-17-8)6(15)12-10/h2,4H,1,3,10H2,(H2,9,16)(H,11,13)(H,12,15). The zero-order valence-electron chi connectivity index (χ0n) is 8.84. The number of anilines is 1. The number of nitrogens with one attached hydrogen (secondary N) is 2. The lowest BCUT2D eigenvalue weighted by molar-refractivity contribution is 0.0949. The minimum absolute atomic E-state index is 0.157. The molecule has 1 heterocycles. The number of nitrogens with zero attached hydrogens (tertiary/aromatic N) is 2. The molecular formula is C8H12N6OS2. The first-order valence-electron chi connectivity index (χ1n) is 4.49. The Balaban J connectivity index is 2.73. The maximum atomic E-state index is 11.2. The van der Waals surface area contributed by atoms with Gasteiger partial charge >= 0.3 is 0 Å². The molecule has 0 aliphatic heterocycles. The summed E-state index contributed by atoms with van der Waals surface area (Å²) in [5, 5.41) is 3.68. The Morgan fingerprint density at radius 2 is 2.47 bits per heavy atom. The average Bonchev–Trinajstić information content (AvgIpc) is 2.76. The van der Waals surface area contributed by atoms with Gasteiger partial charge in [-0.15, -0.1) is 17.9 Å². The number of aromatic nitrogens is 1. The van der Waals surface area contributed by atoms with Crippen molar-refractivity contribution in [2.24, 2.45) is 11.6 Å². The third-order valence-electron chi connectivity index (χ3n) is 1.68. The summed E-state index contributed by atoms with van der Waals surface area (Å²) in [7, 11) is 0. The molecule has 1 rings (SSSR count). The number of rotatable bonds is 5. The van der Waals surface area contributed by atoms with Crippen molar-refractivity contribution < 1.29 is 4.79 Å². The highest BCUT2D eigenvalue weighted by atomic mass is 32.1. The van der Waals surface area contributed by atoms with E-state index in [-0.39, 0.29) is 10.8 Å². The van der Waals surface area contributed by atoms with Crippen LogP contribution in [0.15, 0.2) is 18.0 Å². The van der Waals surface area contributed by atoms with Crippen LogP contribution in [-0.2, 0) is 0 Å². The van der Waals surface area contributed by atoms with Crippen molar-refractivity contribution in [2.75, 3.05) is 12.0 Å². The third kappa shape index (κ3) is 3.66. The normalized spacial score (nSPS) is 9.47. The van der Waals surface area contributed by atoms with Crippen LogP contribution in [0, 0.1) is 0 Å². The van der Waals surface area contributed by atoms with E-state index < -0.39 is 5.91 Å². The Morgan fingerprint density at radius 3 is 3.00 bits per heavy atom. The molecule has 0 spiro atoms. The van der Waals surface area contributed by atoms with E-state index >= 15 is 0 Å². The van der Waals surface area contributed by atoms with E-state index in [1.165, 1.54) is 16.3 Å². The zero-order chi connectivity index (χ0) is 12.8. The molecule has 17 heavy (non-hydrogen) atoms. The molecule has 7 nitrogen and oxygen atoms in total. The van der Waals surface area contributed by atoms with Crippen LogP contribution in [0.2, 0.25) is 0 Å². The molecule has 0 aliphatic carbocycles. The van der Waals surface area contributed by atoms with Crippen molar-refractivity contribution in [3.8, 4) is 0 Å². The van der Waals surface area contributed by atoms with Crippen LogP contribution < -0.4 is 22.4 Å². The molecule has 1 aromatic heterocycles. The van der Waals surface area contributed by atoms with Crippen LogP contribution in [0.3, 0.4) is 0 Å². The van der Waals surface area contributed by atoms with Crippen LogP contribution in [0.5, 0.6) is 0 Å². The van der Waals surface area contributed by atoms with Gasteiger partial charge in [-0.3, -0.25) is 20.7 Å². The number of hydrogen-bond donors (Lipinski definition) is 4. The molecule has 0 atom stereocenters. The molecule has 1 amide bonds. The van der Waals surface area contributed by atoms with E-state index in [1.807, 2.05) is 5.43 Å². The lowest BCUT2D eigenvalue weighted by atomic mass is 10.5. The van der Waals surface area contributed by atoms with Crippen LogP contribution in [0.4, 0.5) is 5.13 Å². The zero-order valence-corrected chi connectivity index (χ0v) is 10.5. The van der Waals surface area contributed by atoms with Gasteiger partial charge in [0.25, 0.3) is 5.91 Å². The highest BCUT2D eigenvalue weighted by molar-refractivity contribution is 7.80. The van der Waals surface area contributed by atoms with Crippen molar-refractivity contribution >= 4 is 39.7 Å². The van der Waals surface area contributed by atoms with Crippen LogP contribution >= 0.6 is 23.6 Å². The highest BCUT2D eigenvalue weighted by Crippen LogP contribution is 2.15. The van der Waals surface area contributed by atoms with Crippen LogP contribution in [0.1, 0.15) is 10.5 Å². The smallest absolute Gasteiger partial charge is 0.284 e. The number of hydrazine groups is 2. The predicted octanol–water partition coefficient (Wildman–Crippen LogP) is -0.195. The molecule has 0 saturated heterocycles. The number of carbonyl (C=O) groups is 1. The second-order valence-electron chi connectivity index (χ2n) is 2.86. The Kier molecular flexibility index (Phi) is 4.82. The number of thiazole rings is 1. The second-order valence-corrected chi connectivity index (χ2v) is 4.14. The largest absolute Gasteiger partial charge is 0.375 e. The molecule has 9 heteroatoms. The molecule has 0 fully saturated rings. The SMILES string of the molecule is C=CCN(Nc1nc(C(=O)NN)cs1)C(N)=S. The van der Waals surface area contributed by atoms with Crippen LogP contribution in [0.25, 0.3) is 0 Å². The van der Waals surface area contributed by atoms with E-state index in [4.69, 9.17) is 23.8 Å². The molecule has 1 aromatic rings. The summed E-state index contributed by atoms with van der Waals surface area (Å²) < 4.78 is 0. The molecule has 0 saturated carbocycles. The highest BCUT2D eigenvalue weighted by Gasteiger charge is 2.11. The van der Waals surface area contributed by atoms with E-state index in [0.717, 1.165) is 0 Å². The molecule has 0 bridgehead atoms. The van der Waals surface area contributed by atoms with Gasteiger partial charge in [0.15, 0.2) is 5.11 Å². The number of nitrogen functional groups attached to an aromatic ring is 1. The molecule has 0 radical (unpaired) electrons. The van der Waals surface area contributed by atoms with Crippen molar-refractivity contribution in [3.05, 3.63) is 23.7 Å². The van der Waals surface area contributed by atoms with Gasteiger partial charge in [-0.1, -0.05) is 6.08 Å². The van der Waals surface area contributed by atoms with Gasteiger partial charge in [0.2, 0.25) is 5.13 Å². The summed E-state index contributed by atoms with van der Waals surface area (Å²) in [6.07, 6.45) is 1.63. The summed E-state index contributed by atoms with van der Waals surface area (Å²) in [6.45, 7) is 4.00. The van der Waals surface area contributed by atoms with E-state index in [2.05, 4.69) is 17.0 Å². The van der Waals surface area contributed by atoms with Crippen LogP contribution in [-0.4, -0.2) is 27.6 Å². The number of carbonyl (C=O) groups excluding carboxylic acids is 1. The minimum Gasteiger partial charge on any atom is -0.375 e. The summed E-state index contributed by atoms with van der Waals surface area (Å²) in [4.78, 5) is 15.2. The van der Waals surface area contributed by atoms with Gasteiger partial charge in [-0.25, -0.2) is 10.8 Å². The van der Waals surface area contributed by atoms with Crippen molar-refractivity contribution in [3.63, 3.8) is 0 Å². The average molecular weight is 272 g/mol. The fourth-order valence-electron chi connectivity index (χ4n) is 0.939. The van der Waals surface area contributed by atoms with E-state index in [0.29, 0.717) is 11.7 Å². The van der Waals surface area contributed by atoms with Gasteiger partial charge in [-0.2, -0.15) is 0 Å². The van der Waals surface area contributed by atoms with Gasteiger partial charge in [0, 0.05) is 5.38 Å². The second kappa shape index (κ2) is 6.13. The Morgan fingerprint density at radius 1 is 1.76 bits per heavy atom. The predicted molar refractivity (Wildman–Crippen MR) is 71.1 cm³/mol. The lowest BCUT2D eigenvalue weighted by Crippen LogP contribution is -2.40. The molecule has 0 aliphatic rings. The van der Waals surface area contributed by atoms with E-state index in [9.17, 15) is 4.79 Å². The van der Waals surface area contributed by atoms with E-state index in [1.54, 1.807) is 11.5 Å². The lowest BCUT2D eigenvalue weighted by Gasteiger charge is -2.20. The van der Waals surface area contributed by atoms with Gasteiger partial charge < -0.3 is 5.73 Å². The Hall–Kier alpha value is -1.71. The molecule has 6 N–H and O–H groups in total. The van der Waals surface area contributed by atoms with Gasteiger partial charge in [0.1, 0.15) is 5.69 Å². The van der Waals surface area contributed by atoms with Gasteiger partial charge in [-0.05, 0) is 12.2 Å². The number of nitrogens with two attached hydrogens (primary N) is 2. The fourth-order valence-corrected chi connectivity index (χ4v) is 1.76. The quantitative estimate of drug-likeness (QED) is 0.193. The van der Waals surface area contributed by atoms with Crippen molar-refractivity contribution in [1.82, 2.24) is 15.4 Å². The third-order valence-corrected chi connectivity index (χ3v) is 2.64. The first kappa shape index (κ1) is 13.4. The van der Waals surface area contributed by atoms with Crippen molar-refractivity contribution in [2.45, 2.75) is 0 Å². The van der Waals surface area contributed by atoms with Gasteiger partial charge in [0.05, 0.1) is 6.54 Å². The maximum absolute atomic E-state index is 11.2. The monoisotopic (exact) mass is 272 g/mol. The first-order valence-corrected chi connectivity index (χ1v) is 5.78. The molecule has 92 valence electrons. The van der Waals surface area contributed by atoms with Crippen molar-refractivity contribution in [1.29, 1.82) is 0 Å². The number of amides is 1. The maximum Gasteiger partial charge on any atom is 0.284 e. The molecule has 0 unspecified atom stereocenters. The summed E-state index contributed by atoms with van der Waals surface area (Å²) in [6, 6.07) is 0. The Bertz CT molecular complexity index is 431. The Labute approximate surface area is 107 Å².